The molecule has 1 rings (SSSR count). The van der Waals surface area contributed by atoms with Gasteiger partial charge >= 0.3 is 0 Å². The first-order valence-corrected chi connectivity index (χ1v) is 4.08. The molecular formula is C2H3OPS. The van der Waals surface area contributed by atoms with Gasteiger partial charge in [0.25, 0.3) is 0 Å². The Morgan fingerprint density at radius 2 is 1.80 bits per heavy atom. The first-order chi connectivity index (χ1) is 2.21. The van der Waals surface area contributed by atoms with Gasteiger partial charge in [0.1, 0.15) is 0 Å². The van der Waals surface area contributed by atoms with Gasteiger partial charge in [-0.05, 0) is 8.02 Å². The third kappa shape index (κ3) is 0.746. The van der Waals surface area contributed by atoms with Gasteiger partial charge in [0, 0.05) is 19.9 Å². The summed E-state index contributed by atoms with van der Waals surface area (Å²) >= 11 is 0. The molecule has 0 aromatic rings. The summed E-state index contributed by atoms with van der Waals surface area (Å²) in [6.07, 6.45) is 0. The predicted molar refractivity (Wildman–Crippen MR) is 25.6 cm³/mol. The third-order valence-electron chi connectivity index (χ3n) is 0.383. The number of rotatable bonds is 0. The van der Waals surface area contributed by atoms with Crippen molar-refractivity contribution < 1.29 is 4.21 Å². The quantitative estimate of drug-likeness (QED) is 0.418. The zero-order chi connectivity index (χ0) is 3.91. The Kier molecular flexibility index (Phi) is 0.430. The van der Waals surface area contributed by atoms with Crippen molar-refractivity contribution in [2.45, 2.75) is 0 Å². The molecule has 0 spiro atoms. The van der Waals surface area contributed by atoms with Crippen LogP contribution in [0.1, 0.15) is 0 Å². The van der Waals surface area contributed by atoms with Crippen LogP contribution in [0.4, 0.5) is 0 Å². The first-order valence-electron chi connectivity index (χ1n) is 1.18. The molecule has 0 aromatic carbocycles. The largest absolute Gasteiger partial charge is 0.255 e. The highest BCUT2D eigenvalue weighted by Crippen LogP contribution is 2.15. The Balaban J connectivity index is 3.28. The van der Waals surface area contributed by atoms with Crippen molar-refractivity contribution in [2.24, 2.45) is 0 Å². The second-order valence-electron chi connectivity index (χ2n) is 0.920. The molecule has 0 amide bonds. The van der Waals surface area contributed by atoms with Gasteiger partial charge in [0.15, 0.2) is 0 Å². The molecule has 1 nitrogen and oxygen atoms in total. The van der Waals surface area contributed by atoms with E-state index in [1.54, 1.807) is 10.8 Å². The molecule has 0 aromatic heterocycles. The Hall–Kier alpha value is 0.190. The molecule has 0 saturated heterocycles. The SMILES string of the molecule is O=S1(=P)C=C1. The Morgan fingerprint density at radius 3 is 1.80 bits per heavy atom. The van der Waals surface area contributed by atoms with Crippen molar-refractivity contribution in [3.05, 3.63) is 10.8 Å². The average molecular weight is 106 g/mol. The fourth-order valence-corrected chi connectivity index (χ4v) is 0.954. The highest BCUT2D eigenvalue weighted by Gasteiger charge is 2.03. The van der Waals surface area contributed by atoms with E-state index in [9.17, 15) is 4.21 Å². The van der Waals surface area contributed by atoms with Crippen molar-refractivity contribution in [3.8, 4) is 0 Å². The van der Waals surface area contributed by atoms with Crippen molar-refractivity contribution >= 4 is 17.1 Å². The molecule has 0 radical (unpaired) electrons. The second-order valence-corrected chi connectivity index (χ2v) is 4.67. The van der Waals surface area contributed by atoms with Gasteiger partial charge in [-0.15, -0.1) is 0 Å². The zero-order valence-electron chi connectivity index (χ0n) is 2.47. The second kappa shape index (κ2) is 0.636. The van der Waals surface area contributed by atoms with Crippen LogP contribution in [0.5, 0.6) is 0 Å². The molecule has 0 saturated carbocycles. The van der Waals surface area contributed by atoms with E-state index in [1.807, 2.05) is 0 Å². The van der Waals surface area contributed by atoms with E-state index in [0.29, 0.717) is 0 Å². The summed E-state index contributed by atoms with van der Waals surface area (Å²) in [7, 11) is 1.34. The Labute approximate surface area is 33.0 Å². The summed E-state index contributed by atoms with van der Waals surface area (Å²) in [6, 6.07) is 0. The van der Waals surface area contributed by atoms with Gasteiger partial charge in [-0.1, -0.05) is 0 Å². The maximum Gasteiger partial charge on any atom is 0.0339 e. The molecule has 0 N–H and O–H groups in total. The normalized spacial score (nSPS) is 26.4. The van der Waals surface area contributed by atoms with Gasteiger partial charge in [0.05, 0.1) is 0 Å². The topological polar surface area (TPSA) is 17.1 Å². The van der Waals surface area contributed by atoms with Crippen molar-refractivity contribution in [2.75, 3.05) is 0 Å². The lowest BCUT2D eigenvalue weighted by atomic mass is 11.3. The van der Waals surface area contributed by atoms with E-state index in [1.165, 1.54) is 0 Å². The summed E-state index contributed by atoms with van der Waals surface area (Å²) in [4.78, 5) is 0. The average Bonchev–Trinajstić information content (AvgIpc) is 1.76. The molecule has 1 heterocycles. The standard InChI is InChI=1S/C2H3OPS/c3-5(4)1-2-5/h1-2,4H. The van der Waals surface area contributed by atoms with Crippen molar-refractivity contribution in [1.82, 2.24) is 0 Å². The van der Waals surface area contributed by atoms with Crippen LogP contribution in [0, 0.1) is 0 Å². The molecule has 0 atom stereocenters. The maximum absolute atomic E-state index is 10.1. The smallest absolute Gasteiger partial charge is 0.0339 e. The van der Waals surface area contributed by atoms with Crippen molar-refractivity contribution in [3.63, 3.8) is 0 Å². The van der Waals surface area contributed by atoms with E-state index in [-0.39, 0.29) is 0 Å². The predicted octanol–water partition coefficient (Wildman–Crippen LogP) is 0.813. The Morgan fingerprint density at radius 1 is 1.60 bits per heavy atom. The highest BCUT2D eigenvalue weighted by atomic mass is 32.5. The molecule has 5 heavy (non-hydrogen) atoms. The van der Waals surface area contributed by atoms with Gasteiger partial charge in [-0.3, -0.25) is 4.21 Å². The van der Waals surface area contributed by atoms with E-state index in [4.69, 9.17) is 0 Å². The summed E-state index contributed by atoms with van der Waals surface area (Å²) < 4.78 is 10.1. The molecule has 0 unspecified atom stereocenters. The van der Waals surface area contributed by atoms with Gasteiger partial charge in [-0.25, -0.2) is 0 Å². The van der Waals surface area contributed by atoms with Crippen LogP contribution in [-0.4, -0.2) is 4.21 Å². The van der Waals surface area contributed by atoms with Gasteiger partial charge in [-0.2, -0.15) is 0 Å². The van der Waals surface area contributed by atoms with E-state index in [0.717, 1.165) is 0 Å². The molecule has 0 fully saturated rings. The lowest BCUT2D eigenvalue weighted by molar-refractivity contribution is 0.695. The van der Waals surface area contributed by atoms with Crippen LogP contribution in [0.25, 0.3) is 0 Å². The van der Waals surface area contributed by atoms with Crippen LogP contribution in [0.2, 0.25) is 0 Å². The molecule has 0 bridgehead atoms. The minimum absolute atomic E-state index is 1.61. The van der Waals surface area contributed by atoms with Crippen LogP contribution in [0.3, 0.4) is 0 Å². The van der Waals surface area contributed by atoms with Crippen LogP contribution < -0.4 is 0 Å². The fourth-order valence-electron chi connectivity index (χ4n) is 0.0505. The molecule has 3 heteroatoms. The lowest BCUT2D eigenvalue weighted by Gasteiger charge is -1.56. The minimum Gasteiger partial charge on any atom is -0.255 e. The van der Waals surface area contributed by atoms with Crippen molar-refractivity contribution in [1.29, 1.82) is 0 Å². The minimum atomic E-state index is -1.61. The van der Waals surface area contributed by atoms with E-state index >= 15 is 0 Å². The monoisotopic (exact) mass is 106 g/mol. The highest BCUT2D eigenvalue weighted by molar-refractivity contribution is 8.29. The van der Waals surface area contributed by atoms with E-state index < -0.39 is 9.11 Å². The molecule has 1 aliphatic heterocycles. The van der Waals surface area contributed by atoms with Gasteiger partial charge < -0.3 is 0 Å². The summed E-state index contributed by atoms with van der Waals surface area (Å²) in [5.74, 6) is 0. The van der Waals surface area contributed by atoms with Crippen LogP contribution >= 0.6 is 8.02 Å². The molecular weight excluding hydrogens is 103 g/mol. The number of hydrogen-bond acceptors (Lipinski definition) is 1. The first kappa shape index (κ1) is 3.38. The van der Waals surface area contributed by atoms with Gasteiger partial charge in [0.2, 0.25) is 0 Å². The summed E-state index contributed by atoms with van der Waals surface area (Å²) in [6.45, 7) is 0. The third-order valence-corrected chi connectivity index (χ3v) is 1.97. The van der Waals surface area contributed by atoms with Crippen LogP contribution in [0.15, 0.2) is 10.8 Å². The van der Waals surface area contributed by atoms with E-state index in [2.05, 4.69) is 8.02 Å². The molecule has 1 aliphatic rings. The number of hydrogen-bond donors (Lipinski definition) is 0. The maximum atomic E-state index is 10.1. The lowest BCUT2D eigenvalue weighted by Crippen LogP contribution is -1.49. The zero-order valence-corrected chi connectivity index (χ0v) is 4.29. The molecule has 28 valence electrons. The summed E-state index contributed by atoms with van der Waals surface area (Å²) in [5, 5.41) is 3.26. The molecule has 0 aliphatic carbocycles. The fraction of sp³-hybridized carbons (Fsp3) is 0. The Bertz CT molecular complexity index is 124. The van der Waals surface area contributed by atoms with Crippen LogP contribution in [-0.2, 0) is 9.11 Å². The summed E-state index contributed by atoms with van der Waals surface area (Å²) in [5.41, 5.74) is 0.